The maximum Gasteiger partial charge on any atom is 0.0587 e. The summed E-state index contributed by atoms with van der Waals surface area (Å²) in [7, 11) is -1.31. The number of hydrogen-bond acceptors (Lipinski definition) is 1. The van der Waals surface area contributed by atoms with Crippen LogP contribution in [-0.4, -0.2) is 8.07 Å². The van der Waals surface area contributed by atoms with Gasteiger partial charge < -0.3 is 0 Å². The first-order valence-electron chi connectivity index (χ1n) is 8.51. The smallest absolute Gasteiger partial charge is 0.0587 e. The summed E-state index contributed by atoms with van der Waals surface area (Å²) in [6, 6.07) is 14.4. The quantitative estimate of drug-likeness (QED) is 0.411. The molecule has 1 aromatic rings. The second-order valence-corrected chi connectivity index (χ2v) is 13.2. The van der Waals surface area contributed by atoms with Crippen molar-refractivity contribution in [3.8, 4) is 0 Å². The molecule has 0 nitrogen and oxygen atoms in total. The number of hydrogen-bond donors (Lipinski definition) is 1. The molecule has 0 aliphatic carbocycles. The Morgan fingerprint density at radius 1 is 0.810 bits per heavy atom. The Morgan fingerprint density at radius 2 is 1.24 bits per heavy atom. The molecule has 0 bridgehead atoms. The van der Waals surface area contributed by atoms with Crippen LogP contribution in [0.4, 0.5) is 0 Å². The summed E-state index contributed by atoms with van der Waals surface area (Å²) in [6.45, 7) is 14.4. The van der Waals surface area contributed by atoms with Crippen molar-refractivity contribution in [1.29, 1.82) is 0 Å². The summed E-state index contributed by atoms with van der Waals surface area (Å²) in [6.07, 6.45) is 0. The number of thiol groups is 1. The molecule has 0 aromatic heterocycles. The molecule has 0 N–H and O–H groups in total. The first-order chi connectivity index (χ1) is 9.74. The van der Waals surface area contributed by atoms with E-state index >= 15 is 0 Å². The Balaban J connectivity index is 3.10. The Kier molecular flexibility index (Phi) is 7.56. The first-order valence-corrected chi connectivity index (χ1v) is 11.8. The summed E-state index contributed by atoms with van der Waals surface area (Å²) in [5.41, 5.74) is 1.48. The van der Waals surface area contributed by atoms with Gasteiger partial charge in [-0.1, -0.05) is 77.9 Å². The topological polar surface area (TPSA) is 0 Å². The van der Waals surface area contributed by atoms with Crippen LogP contribution < -0.4 is 0 Å². The van der Waals surface area contributed by atoms with Crippen molar-refractivity contribution >= 4 is 20.7 Å². The van der Waals surface area contributed by atoms with Crippen molar-refractivity contribution in [2.45, 2.75) is 70.6 Å². The van der Waals surface area contributed by atoms with Crippen molar-refractivity contribution in [3.63, 3.8) is 0 Å². The van der Waals surface area contributed by atoms with Gasteiger partial charge in [0.25, 0.3) is 0 Å². The Labute approximate surface area is 139 Å². The van der Waals surface area contributed by atoms with Crippen LogP contribution in [0, 0.1) is 17.8 Å². The zero-order valence-electron chi connectivity index (χ0n) is 14.8. The molecule has 0 atom stereocenters. The van der Waals surface area contributed by atoms with Crippen molar-refractivity contribution in [2.75, 3.05) is 0 Å². The summed E-state index contributed by atoms with van der Waals surface area (Å²) in [5, 5.41) is 0. The minimum absolute atomic E-state index is 0.807. The van der Waals surface area contributed by atoms with E-state index in [4.69, 9.17) is 12.6 Å². The van der Waals surface area contributed by atoms with E-state index in [0.29, 0.717) is 0 Å². The maximum atomic E-state index is 4.70. The lowest BCUT2D eigenvalue weighted by Crippen LogP contribution is -2.41. The van der Waals surface area contributed by atoms with E-state index < -0.39 is 8.07 Å². The van der Waals surface area contributed by atoms with Crippen molar-refractivity contribution in [2.24, 2.45) is 17.8 Å². The van der Waals surface area contributed by atoms with Gasteiger partial charge in [-0.05, 0) is 35.4 Å². The molecule has 0 amide bonds. The lowest BCUT2D eigenvalue weighted by molar-refractivity contribution is 0.637. The third-order valence-electron chi connectivity index (χ3n) is 4.08. The molecule has 1 aromatic carbocycles. The standard InChI is InChI=1S/C19H34SSi/c1-15(2)11-21(12-16(3)4,13-17(5)6)14-18-9-7-8-10-19(18)20/h7-10,15-17,20H,11-14H2,1-6H3. The van der Waals surface area contributed by atoms with Gasteiger partial charge in [-0.15, -0.1) is 12.6 Å². The molecule has 1 rings (SSSR count). The average molecular weight is 323 g/mol. The minimum Gasteiger partial charge on any atom is -0.143 e. The predicted molar refractivity (Wildman–Crippen MR) is 102 cm³/mol. The molecule has 2 heteroatoms. The molecule has 0 spiro atoms. The first kappa shape index (κ1) is 18.8. The van der Waals surface area contributed by atoms with Gasteiger partial charge >= 0.3 is 0 Å². The van der Waals surface area contributed by atoms with Gasteiger partial charge in [-0.3, -0.25) is 0 Å². The van der Waals surface area contributed by atoms with Crippen LogP contribution in [-0.2, 0) is 6.04 Å². The molecule has 21 heavy (non-hydrogen) atoms. The summed E-state index contributed by atoms with van der Waals surface area (Å²) < 4.78 is 0. The molecule has 0 fully saturated rings. The monoisotopic (exact) mass is 322 g/mol. The van der Waals surface area contributed by atoms with E-state index in [1.807, 2.05) is 0 Å². The third kappa shape index (κ3) is 6.60. The van der Waals surface area contributed by atoms with E-state index in [2.05, 4.69) is 65.8 Å². The van der Waals surface area contributed by atoms with Crippen LogP contribution in [0.1, 0.15) is 47.1 Å². The Bertz CT molecular complexity index is 397. The van der Waals surface area contributed by atoms with Crippen LogP contribution in [0.3, 0.4) is 0 Å². The SMILES string of the molecule is CC(C)C[Si](Cc1ccccc1S)(CC(C)C)CC(C)C. The minimum atomic E-state index is -1.31. The molecule has 120 valence electrons. The third-order valence-corrected chi connectivity index (χ3v) is 10.7. The summed E-state index contributed by atoms with van der Waals surface area (Å²) in [4.78, 5) is 1.19. The summed E-state index contributed by atoms with van der Waals surface area (Å²) in [5.74, 6) is 2.42. The van der Waals surface area contributed by atoms with E-state index in [1.54, 1.807) is 0 Å². The number of rotatable bonds is 8. The van der Waals surface area contributed by atoms with Crippen molar-refractivity contribution in [3.05, 3.63) is 29.8 Å². The normalized spacial score (nSPS) is 12.7. The van der Waals surface area contributed by atoms with Crippen molar-refractivity contribution < 1.29 is 0 Å². The zero-order valence-corrected chi connectivity index (χ0v) is 16.7. The van der Waals surface area contributed by atoms with Gasteiger partial charge in [-0.2, -0.15) is 0 Å². The van der Waals surface area contributed by atoms with E-state index in [9.17, 15) is 0 Å². The largest absolute Gasteiger partial charge is 0.143 e. The fraction of sp³-hybridized carbons (Fsp3) is 0.684. The van der Waals surface area contributed by atoms with Gasteiger partial charge in [0.05, 0.1) is 8.07 Å². The van der Waals surface area contributed by atoms with Crippen LogP contribution in [0.15, 0.2) is 29.2 Å². The van der Waals surface area contributed by atoms with E-state index in [1.165, 1.54) is 34.6 Å². The van der Waals surface area contributed by atoms with Crippen LogP contribution in [0.25, 0.3) is 0 Å². The van der Waals surface area contributed by atoms with Gasteiger partial charge in [0.1, 0.15) is 0 Å². The van der Waals surface area contributed by atoms with Gasteiger partial charge in [0.2, 0.25) is 0 Å². The van der Waals surface area contributed by atoms with Crippen molar-refractivity contribution in [1.82, 2.24) is 0 Å². The highest BCUT2D eigenvalue weighted by Gasteiger charge is 2.35. The van der Waals surface area contributed by atoms with Gasteiger partial charge in [-0.25, -0.2) is 0 Å². The average Bonchev–Trinajstić information content (AvgIpc) is 2.29. The lowest BCUT2D eigenvalue weighted by Gasteiger charge is -2.37. The maximum absolute atomic E-state index is 4.70. The van der Waals surface area contributed by atoms with Gasteiger partial charge in [0.15, 0.2) is 0 Å². The molecule has 0 saturated carbocycles. The second-order valence-electron chi connectivity index (χ2n) is 8.10. The molecule has 0 heterocycles. The number of benzene rings is 1. The molecule has 0 radical (unpaired) electrons. The molecule has 0 aliphatic rings. The Hall–Kier alpha value is -0.213. The van der Waals surface area contributed by atoms with Crippen LogP contribution in [0.2, 0.25) is 18.1 Å². The van der Waals surface area contributed by atoms with E-state index in [0.717, 1.165) is 17.8 Å². The zero-order chi connectivity index (χ0) is 16.0. The molecule has 0 saturated heterocycles. The second kappa shape index (κ2) is 8.43. The summed E-state index contributed by atoms with van der Waals surface area (Å²) >= 11 is 4.70. The highest BCUT2D eigenvalue weighted by atomic mass is 32.1. The Morgan fingerprint density at radius 3 is 1.62 bits per heavy atom. The van der Waals surface area contributed by atoms with E-state index in [-0.39, 0.29) is 0 Å². The van der Waals surface area contributed by atoms with Crippen LogP contribution >= 0.6 is 12.6 Å². The van der Waals surface area contributed by atoms with Gasteiger partial charge in [0, 0.05) is 4.90 Å². The van der Waals surface area contributed by atoms with Crippen LogP contribution in [0.5, 0.6) is 0 Å². The molecule has 0 unspecified atom stereocenters. The fourth-order valence-corrected chi connectivity index (χ4v) is 11.8. The lowest BCUT2D eigenvalue weighted by atomic mass is 10.2. The molecular weight excluding hydrogens is 288 g/mol. The predicted octanol–water partition coefficient (Wildman–Crippen LogP) is 6.47. The highest BCUT2D eigenvalue weighted by Crippen LogP contribution is 2.36. The fourth-order valence-electron chi connectivity index (χ4n) is 4.13. The molecular formula is C19H34SSi. The molecule has 0 aliphatic heterocycles. The highest BCUT2D eigenvalue weighted by molar-refractivity contribution is 7.80.